The van der Waals surface area contributed by atoms with Gasteiger partial charge in [0.15, 0.2) is 0 Å². The molecule has 0 spiro atoms. The Kier molecular flexibility index (Phi) is 5.22. The van der Waals surface area contributed by atoms with Crippen molar-refractivity contribution in [2.75, 3.05) is 25.0 Å². The summed E-state index contributed by atoms with van der Waals surface area (Å²) in [6, 6.07) is 10.7. The highest BCUT2D eigenvalue weighted by molar-refractivity contribution is 9.09. The van der Waals surface area contributed by atoms with Gasteiger partial charge >= 0.3 is 0 Å². The highest BCUT2D eigenvalue weighted by Gasteiger charge is 2.25. The molecule has 0 aromatic heterocycles. The molecule has 1 N–H and O–H groups in total. The molecule has 1 heterocycles. The minimum absolute atomic E-state index is 0.111. The van der Waals surface area contributed by atoms with E-state index in [-0.39, 0.29) is 6.10 Å². The van der Waals surface area contributed by atoms with Crippen molar-refractivity contribution in [1.29, 1.82) is 0 Å². The van der Waals surface area contributed by atoms with Crippen LogP contribution >= 0.6 is 15.9 Å². The molecule has 0 amide bonds. The fourth-order valence-corrected chi connectivity index (χ4v) is 3.24. The maximum Gasteiger partial charge on any atom is 0.0590 e. The molecule has 1 aliphatic rings. The van der Waals surface area contributed by atoms with E-state index in [1.54, 1.807) is 0 Å². The van der Waals surface area contributed by atoms with Crippen LogP contribution in [0.2, 0.25) is 0 Å². The Labute approximate surface area is 118 Å². The van der Waals surface area contributed by atoms with Gasteiger partial charge in [-0.05, 0) is 17.9 Å². The fourth-order valence-electron chi connectivity index (χ4n) is 2.67. The first-order valence-corrected chi connectivity index (χ1v) is 7.84. The van der Waals surface area contributed by atoms with Crippen LogP contribution in [0.25, 0.3) is 0 Å². The number of rotatable bonds is 4. The van der Waals surface area contributed by atoms with Gasteiger partial charge in [-0.2, -0.15) is 0 Å². The van der Waals surface area contributed by atoms with Gasteiger partial charge in [0.1, 0.15) is 0 Å². The Morgan fingerprint density at radius 1 is 1.39 bits per heavy atom. The predicted octanol–water partition coefficient (Wildman–Crippen LogP) is 2.87. The van der Waals surface area contributed by atoms with Crippen molar-refractivity contribution in [2.24, 2.45) is 5.92 Å². The second-order valence-corrected chi connectivity index (χ2v) is 6.00. The van der Waals surface area contributed by atoms with Crippen LogP contribution in [0.4, 0.5) is 0 Å². The van der Waals surface area contributed by atoms with Crippen molar-refractivity contribution in [3.63, 3.8) is 0 Å². The predicted molar refractivity (Wildman–Crippen MR) is 79.2 cm³/mol. The molecule has 18 heavy (non-hydrogen) atoms. The van der Waals surface area contributed by atoms with Crippen molar-refractivity contribution in [1.82, 2.24) is 4.90 Å². The van der Waals surface area contributed by atoms with Gasteiger partial charge in [0.25, 0.3) is 0 Å². The van der Waals surface area contributed by atoms with E-state index in [0.717, 1.165) is 31.4 Å². The van der Waals surface area contributed by atoms with Crippen LogP contribution in [-0.4, -0.2) is 41.1 Å². The number of piperidine rings is 1. The minimum Gasteiger partial charge on any atom is -0.393 e. The van der Waals surface area contributed by atoms with Gasteiger partial charge in [0.2, 0.25) is 0 Å². The number of likely N-dealkylation sites (tertiary alicyclic amines) is 1. The van der Waals surface area contributed by atoms with E-state index >= 15 is 0 Å². The zero-order valence-corrected chi connectivity index (χ0v) is 12.5. The van der Waals surface area contributed by atoms with E-state index in [1.165, 1.54) is 5.56 Å². The molecule has 0 radical (unpaired) electrons. The first kappa shape index (κ1) is 14.0. The number of nitrogens with zero attached hydrogens (tertiary/aromatic N) is 1. The van der Waals surface area contributed by atoms with E-state index in [9.17, 15) is 5.11 Å². The van der Waals surface area contributed by atoms with Crippen LogP contribution in [0, 0.1) is 5.92 Å². The van der Waals surface area contributed by atoms with Gasteiger partial charge in [0.05, 0.1) is 6.10 Å². The molecule has 0 saturated carbocycles. The lowest BCUT2D eigenvalue weighted by molar-refractivity contribution is 0.0335. The third-order valence-corrected chi connectivity index (χ3v) is 4.66. The molecular formula is C15H22BrNO. The number of benzene rings is 1. The van der Waals surface area contributed by atoms with Crippen molar-refractivity contribution in [3.8, 4) is 0 Å². The maximum atomic E-state index is 9.77. The van der Waals surface area contributed by atoms with Gasteiger partial charge in [-0.15, -0.1) is 0 Å². The van der Waals surface area contributed by atoms with Crippen molar-refractivity contribution in [2.45, 2.75) is 25.4 Å². The van der Waals surface area contributed by atoms with E-state index in [0.29, 0.717) is 11.8 Å². The van der Waals surface area contributed by atoms with Gasteiger partial charge in [-0.25, -0.2) is 0 Å². The van der Waals surface area contributed by atoms with Gasteiger partial charge in [-0.3, -0.25) is 0 Å². The summed E-state index contributed by atoms with van der Waals surface area (Å²) >= 11 is 3.63. The molecule has 1 fully saturated rings. The Morgan fingerprint density at radius 3 is 2.72 bits per heavy atom. The van der Waals surface area contributed by atoms with Crippen LogP contribution in [0.3, 0.4) is 0 Å². The first-order valence-electron chi connectivity index (χ1n) is 6.72. The third kappa shape index (κ3) is 3.56. The summed E-state index contributed by atoms with van der Waals surface area (Å²) < 4.78 is 0. The standard InChI is InChI=1S/C15H22BrNO/c1-12-10-17(8-7-15(12)18)11-14(9-16)13-5-3-2-4-6-13/h2-6,12,14-15,18H,7-11H2,1H3. The van der Waals surface area contributed by atoms with E-state index < -0.39 is 0 Å². The SMILES string of the molecule is CC1CN(CC(CBr)c2ccccc2)CCC1O. The second-order valence-electron chi connectivity index (χ2n) is 5.35. The molecule has 1 aromatic carbocycles. The molecule has 1 aromatic rings. The number of hydrogen-bond acceptors (Lipinski definition) is 2. The molecule has 0 aliphatic carbocycles. The smallest absolute Gasteiger partial charge is 0.0590 e. The number of halogens is 1. The highest BCUT2D eigenvalue weighted by atomic mass is 79.9. The van der Waals surface area contributed by atoms with E-state index in [2.05, 4.69) is 58.1 Å². The number of alkyl halides is 1. The van der Waals surface area contributed by atoms with Crippen molar-refractivity contribution < 1.29 is 5.11 Å². The molecular weight excluding hydrogens is 290 g/mol. The first-order chi connectivity index (χ1) is 8.70. The van der Waals surface area contributed by atoms with Crippen LogP contribution < -0.4 is 0 Å². The maximum absolute atomic E-state index is 9.77. The Bertz CT molecular complexity index is 357. The number of hydrogen-bond donors (Lipinski definition) is 1. The molecule has 1 aliphatic heterocycles. The lowest BCUT2D eigenvalue weighted by Crippen LogP contribution is -2.43. The minimum atomic E-state index is -0.111. The topological polar surface area (TPSA) is 23.5 Å². The summed E-state index contributed by atoms with van der Waals surface area (Å²) in [4.78, 5) is 2.48. The quantitative estimate of drug-likeness (QED) is 0.864. The fraction of sp³-hybridized carbons (Fsp3) is 0.600. The molecule has 3 unspecified atom stereocenters. The third-order valence-electron chi connectivity index (χ3n) is 3.88. The monoisotopic (exact) mass is 311 g/mol. The molecule has 1 saturated heterocycles. The summed E-state index contributed by atoms with van der Waals surface area (Å²) in [7, 11) is 0. The van der Waals surface area contributed by atoms with E-state index in [4.69, 9.17) is 0 Å². The molecule has 100 valence electrons. The summed E-state index contributed by atoms with van der Waals surface area (Å²) in [5.74, 6) is 0.930. The Hall–Kier alpha value is -0.380. The molecule has 0 bridgehead atoms. The van der Waals surface area contributed by atoms with Crippen LogP contribution in [0.5, 0.6) is 0 Å². The van der Waals surface area contributed by atoms with E-state index in [1.807, 2.05) is 0 Å². The summed E-state index contributed by atoms with van der Waals surface area (Å²) in [5, 5.41) is 10.8. The molecule has 2 nitrogen and oxygen atoms in total. The normalized spacial score (nSPS) is 27.1. The highest BCUT2D eigenvalue weighted by Crippen LogP contribution is 2.23. The van der Waals surface area contributed by atoms with Crippen molar-refractivity contribution >= 4 is 15.9 Å². The Balaban J connectivity index is 1.95. The average molecular weight is 312 g/mol. The van der Waals surface area contributed by atoms with Gasteiger partial charge in [-0.1, -0.05) is 53.2 Å². The lowest BCUT2D eigenvalue weighted by atomic mass is 9.94. The molecule has 3 heteroatoms. The van der Waals surface area contributed by atoms with Gasteiger partial charge < -0.3 is 10.0 Å². The summed E-state index contributed by atoms with van der Waals surface area (Å²) in [6.45, 7) is 5.24. The average Bonchev–Trinajstić information content (AvgIpc) is 2.41. The lowest BCUT2D eigenvalue weighted by Gasteiger charge is -2.36. The van der Waals surface area contributed by atoms with Crippen LogP contribution in [-0.2, 0) is 0 Å². The zero-order chi connectivity index (χ0) is 13.0. The molecule has 3 atom stereocenters. The van der Waals surface area contributed by atoms with Crippen molar-refractivity contribution in [3.05, 3.63) is 35.9 Å². The Morgan fingerprint density at radius 2 is 2.11 bits per heavy atom. The largest absolute Gasteiger partial charge is 0.393 e. The van der Waals surface area contributed by atoms with Crippen LogP contribution in [0.15, 0.2) is 30.3 Å². The number of aliphatic hydroxyl groups excluding tert-OH is 1. The summed E-state index contributed by atoms with van der Waals surface area (Å²) in [5.41, 5.74) is 1.40. The van der Waals surface area contributed by atoms with Crippen LogP contribution in [0.1, 0.15) is 24.8 Å². The summed E-state index contributed by atoms with van der Waals surface area (Å²) in [6.07, 6.45) is 0.797. The van der Waals surface area contributed by atoms with Gasteiger partial charge in [0, 0.05) is 30.9 Å². The number of aliphatic hydroxyl groups is 1. The zero-order valence-electron chi connectivity index (χ0n) is 10.9. The second kappa shape index (κ2) is 6.69. The molecule has 2 rings (SSSR count).